The number of barbiturate groups is 1. The molecule has 9 nitrogen and oxygen atoms in total. The first-order valence-corrected chi connectivity index (χ1v) is 10.3. The number of hydrogen-bond donors (Lipinski definition) is 2. The van der Waals surface area contributed by atoms with Crippen LogP contribution >= 0.6 is 31.9 Å². The van der Waals surface area contributed by atoms with E-state index in [0.29, 0.717) is 26.0 Å². The number of amides is 5. The Balaban J connectivity index is 1.95. The molecule has 0 saturated carbocycles. The van der Waals surface area contributed by atoms with Gasteiger partial charge in [0.1, 0.15) is 17.1 Å². The summed E-state index contributed by atoms with van der Waals surface area (Å²) in [6.07, 6.45) is 1.34. The van der Waals surface area contributed by atoms with Crippen LogP contribution < -0.4 is 25.4 Å². The number of ether oxygens (including phenoxy) is 2. The average molecular weight is 553 g/mol. The Labute approximate surface area is 193 Å². The molecule has 2 aromatic rings. The fourth-order valence-corrected chi connectivity index (χ4v) is 4.18. The second kappa shape index (κ2) is 9.31. The Morgan fingerprint density at radius 1 is 1.13 bits per heavy atom. The standard InChI is InChI=1S/C20H15Br2N3O6/c1-30-12-4-2-11(3-5-12)25-19(28)13(18(27)24-20(25)29)6-10-7-14(21)17(15(22)8-10)31-9-16(23)26/h2-8H,9H2,1H3,(H2,23,26)(H,24,27,29)/b13-6+. The maximum absolute atomic E-state index is 13.0. The molecule has 1 fully saturated rings. The van der Waals surface area contributed by atoms with E-state index >= 15 is 0 Å². The molecule has 0 spiro atoms. The molecule has 3 N–H and O–H groups in total. The van der Waals surface area contributed by atoms with Crippen molar-refractivity contribution in [3.8, 4) is 11.5 Å². The zero-order valence-corrected chi connectivity index (χ0v) is 19.2. The maximum atomic E-state index is 13.0. The van der Waals surface area contributed by atoms with E-state index in [0.717, 1.165) is 4.90 Å². The van der Waals surface area contributed by atoms with Gasteiger partial charge in [-0.05, 0) is 79.9 Å². The Morgan fingerprint density at radius 2 is 1.74 bits per heavy atom. The monoisotopic (exact) mass is 551 g/mol. The molecule has 1 saturated heterocycles. The van der Waals surface area contributed by atoms with Gasteiger partial charge >= 0.3 is 6.03 Å². The number of methoxy groups -OCH3 is 1. The van der Waals surface area contributed by atoms with Crippen LogP contribution in [0.15, 0.2) is 50.9 Å². The highest BCUT2D eigenvalue weighted by Crippen LogP contribution is 2.35. The lowest BCUT2D eigenvalue weighted by Crippen LogP contribution is -2.54. The third kappa shape index (κ3) is 4.94. The average Bonchev–Trinajstić information content (AvgIpc) is 2.70. The maximum Gasteiger partial charge on any atom is 0.335 e. The second-order valence-corrected chi connectivity index (χ2v) is 7.93. The van der Waals surface area contributed by atoms with E-state index in [-0.39, 0.29) is 17.9 Å². The lowest BCUT2D eigenvalue weighted by molar-refractivity contribution is -0.123. The van der Waals surface area contributed by atoms with Crippen LogP contribution in [-0.2, 0) is 14.4 Å². The van der Waals surface area contributed by atoms with Crippen molar-refractivity contribution in [1.29, 1.82) is 0 Å². The summed E-state index contributed by atoms with van der Waals surface area (Å²) in [6.45, 7) is -0.322. The molecule has 0 aromatic heterocycles. The van der Waals surface area contributed by atoms with Crippen molar-refractivity contribution < 1.29 is 28.7 Å². The van der Waals surface area contributed by atoms with Crippen LogP contribution in [0.4, 0.5) is 10.5 Å². The van der Waals surface area contributed by atoms with Gasteiger partial charge in [-0.25, -0.2) is 9.69 Å². The number of carbonyl (C=O) groups excluding carboxylic acids is 4. The molecule has 1 aliphatic heterocycles. The largest absolute Gasteiger partial charge is 0.497 e. The van der Waals surface area contributed by atoms with Crippen molar-refractivity contribution in [2.45, 2.75) is 0 Å². The fraction of sp³-hybridized carbons (Fsp3) is 0.100. The third-order valence-corrected chi connectivity index (χ3v) is 5.30. The van der Waals surface area contributed by atoms with Gasteiger partial charge in [0.25, 0.3) is 17.7 Å². The molecule has 0 bridgehead atoms. The molecule has 5 amide bonds. The predicted octanol–water partition coefficient (Wildman–Crippen LogP) is 2.75. The molecule has 2 aromatic carbocycles. The summed E-state index contributed by atoms with van der Waals surface area (Å²) in [7, 11) is 1.49. The second-order valence-electron chi connectivity index (χ2n) is 6.22. The molecule has 0 radical (unpaired) electrons. The zero-order valence-electron chi connectivity index (χ0n) is 16.0. The zero-order chi connectivity index (χ0) is 22.7. The quantitative estimate of drug-likeness (QED) is 0.419. The molecule has 0 aliphatic carbocycles. The minimum absolute atomic E-state index is 0.236. The number of nitrogens with two attached hydrogens (primary N) is 1. The van der Waals surface area contributed by atoms with Gasteiger partial charge in [0, 0.05) is 0 Å². The van der Waals surface area contributed by atoms with Gasteiger partial charge in [0.15, 0.2) is 6.61 Å². The van der Waals surface area contributed by atoms with E-state index in [2.05, 4.69) is 37.2 Å². The number of benzene rings is 2. The van der Waals surface area contributed by atoms with E-state index in [9.17, 15) is 19.2 Å². The molecule has 0 atom stereocenters. The summed E-state index contributed by atoms with van der Waals surface area (Å²) in [5.41, 5.74) is 5.59. The fourth-order valence-electron chi connectivity index (χ4n) is 2.73. The molecule has 1 aliphatic rings. The Kier molecular flexibility index (Phi) is 6.76. The summed E-state index contributed by atoms with van der Waals surface area (Å²) >= 11 is 6.63. The predicted molar refractivity (Wildman–Crippen MR) is 119 cm³/mol. The summed E-state index contributed by atoms with van der Waals surface area (Å²) in [5, 5.41) is 2.16. The first kappa shape index (κ1) is 22.5. The number of urea groups is 1. The molecule has 3 rings (SSSR count). The van der Waals surface area contributed by atoms with Crippen molar-refractivity contribution in [2.75, 3.05) is 18.6 Å². The summed E-state index contributed by atoms with van der Waals surface area (Å²) in [4.78, 5) is 49.4. The topological polar surface area (TPSA) is 128 Å². The molecular weight excluding hydrogens is 538 g/mol. The minimum atomic E-state index is -0.852. The van der Waals surface area contributed by atoms with Crippen molar-refractivity contribution >= 4 is 67.4 Å². The molecular formula is C20H15Br2N3O6. The van der Waals surface area contributed by atoms with Gasteiger partial charge in [-0.15, -0.1) is 0 Å². The van der Waals surface area contributed by atoms with Crippen molar-refractivity contribution in [1.82, 2.24) is 5.32 Å². The normalized spacial score (nSPS) is 15.1. The number of nitrogens with one attached hydrogen (secondary N) is 1. The summed E-state index contributed by atoms with van der Waals surface area (Å²) < 4.78 is 11.3. The van der Waals surface area contributed by atoms with Crippen molar-refractivity contribution in [2.24, 2.45) is 5.73 Å². The van der Waals surface area contributed by atoms with Gasteiger partial charge in [-0.1, -0.05) is 0 Å². The van der Waals surface area contributed by atoms with Crippen LogP contribution in [0.5, 0.6) is 11.5 Å². The first-order valence-electron chi connectivity index (χ1n) is 8.67. The van der Waals surface area contributed by atoms with Crippen LogP contribution in [-0.4, -0.2) is 37.5 Å². The Bertz CT molecular complexity index is 1090. The third-order valence-electron chi connectivity index (χ3n) is 4.12. The smallest absolute Gasteiger partial charge is 0.335 e. The number of rotatable bonds is 6. The van der Waals surface area contributed by atoms with Crippen molar-refractivity contribution in [3.05, 3.63) is 56.5 Å². The number of carbonyl (C=O) groups is 4. The van der Waals surface area contributed by atoms with Crippen LogP contribution in [0.25, 0.3) is 6.08 Å². The summed E-state index contributed by atoms with van der Waals surface area (Å²) in [6, 6.07) is 8.56. The number of imide groups is 2. The van der Waals surface area contributed by atoms with Gasteiger partial charge in [-0.2, -0.15) is 0 Å². The lowest BCUT2D eigenvalue weighted by Gasteiger charge is -2.26. The number of anilines is 1. The first-order chi connectivity index (χ1) is 14.7. The molecule has 11 heteroatoms. The molecule has 160 valence electrons. The van der Waals surface area contributed by atoms with Crippen LogP contribution in [0.1, 0.15) is 5.56 Å². The van der Waals surface area contributed by atoms with Crippen LogP contribution in [0.3, 0.4) is 0 Å². The summed E-state index contributed by atoms with van der Waals surface area (Å²) in [5.74, 6) is -1.36. The lowest BCUT2D eigenvalue weighted by atomic mass is 10.1. The van der Waals surface area contributed by atoms with E-state index in [4.69, 9.17) is 15.2 Å². The number of primary amides is 1. The highest BCUT2D eigenvalue weighted by molar-refractivity contribution is 9.11. The molecule has 0 unspecified atom stereocenters. The van der Waals surface area contributed by atoms with E-state index in [1.807, 2.05) is 0 Å². The van der Waals surface area contributed by atoms with E-state index in [1.165, 1.54) is 25.3 Å². The Hall–Kier alpha value is -3.18. The van der Waals surface area contributed by atoms with E-state index < -0.39 is 23.8 Å². The van der Waals surface area contributed by atoms with Crippen LogP contribution in [0, 0.1) is 0 Å². The highest BCUT2D eigenvalue weighted by Gasteiger charge is 2.36. The molecule has 1 heterocycles. The van der Waals surface area contributed by atoms with Gasteiger partial charge < -0.3 is 15.2 Å². The van der Waals surface area contributed by atoms with Gasteiger partial charge in [-0.3, -0.25) is 19.7 Å². The number of halogens is 2. The van der Waals surface area contributed by atoms with Crippen LogP contribution in [0.2, 0.25) is 0 Å². The van der Waals surface area contributed by atoms with Crippen molar-refractivity contribution in [3.63, 3.8) is 0 Å². The SMILES string of the molecule is COc1ccc(N2C(=O)NC(=O)/C(=C\c3cc(Br)c(OCC(N)=O)c(Br)c3)C2=O)cc1. The molecule has 31 heavy (non-hydrogen) atoms. The van der Waals surface area contributed by atoms with Gasteiger partial charge in [0.05, 0.1) is 21.7 Å². The van der Waals surface area contributed by atoms with E-state index in [1.54, 1.807) is 24.3 Å². The number of nitrogens with zero attached hydrogens (tertiary/aromatic N) is 1. The Morgan fingerprint density at radius 3 is 2.29 bits per heavy atom. The minimum Gasteiger partial charge on any atom is -0.497 e. The van der Waals surface area contributed by atoms with Gasteiger partial charge in [0.2, 0.25) is 0 Å². The highest BCUT2D eigenvalue weighted by atomic mass is 79.9. The number of hydrogen-bond acceptors (Lipinski definition) is 6.